The highest BCUT2D eigenvalue weighted by atomic mass is 32.2. The van der Waals surface area contributed by atoms with Crippen molar-refractivity contribution in [2.24, 2.45) is 0 Å². The van der Waals surface area contributed by atoms with Gasteiger partial charge < -0.3 is 0 Å². The summed E-state index contributed by atoms with van der Waals surface area (Å²) in [5.74, 6) is 0.584. The van der Waals surface area contributed by atoms with Gasteiger partial charge in [0.05, 0.1) is 17.8 Å². The molecule has 2 heterocycles. The van der Waals surface area contributed by atoms with Gasteiger partial charge in [0.2, 0.25) is 5.78 Å². The van der Waals surface area contributed by atoms with Crippen molar-refractivity contribution < 1.29 is 0 Å². The minimum Gasteiger partial charge on any atom is -0.268 e. The van der Waals surface area contributed by atoms with Gasteiger partial charge in [-0.2, -0.15) is 0 Å². The molecule has 0 N–H and O–H groups in total. The van der Waals surface area contributed by atoms with Gasteiger partial charge in [-0.1, -0.05) is 62.0 Å². The van der Waals surface area contributed by atoms with Gasteiger partial charge in [-0.25, -0.2) is 14.1 Å². The van der Waals surface area contributed by atoms with Crippen molar-refractivity contribution in [2.45, 2.75) is 50.7 Å². The van der Waals surface area contributed by atoms with Crippen LogP contribution in [0.25, 0.3) is 17.0 Å². The van der Waals surface area contributed by atoms with Crippen LogP contribution < -0.4 is 5.56 Å². The minimum absolute atomic E-state index is 0.00571. The van der Waals surface area contributed by atoms with E-state index in [0.717, 1.165) is 35.2 Å². The SMILES string of the molecule is C=C(C)Cn1nc(SC)n2c(=O)c3c(nc12)-c1ccccc1CC3(C)CC. The van der Waals surface area contributed by atoms with Gasteiger partial charge in [-0.3, -0.25) is 4.79 Å². The Balaban J connectivity index is 2.14. The van der Waals surface area contributed by atoms with Crippen molar-refractivity contribution in [3.8, 4) is 11.3 Å². The fraction of sp³-hybridized carbons (Fsp3) is 0.381. The van der Waals surface area contributed by atoms with Crippen LogP contribution in [-0.4, -0.2) is 25.4 Å². The normalized spacial score (nSPS) is 18.4. The van der Waals surface area contributed by atoms with E-state index in [9.17, 15) is 4.79 Å². The number of nitrogens with zero attached hydrogens (tertiary/aromatic N) is 4. The van der Waals surface area contributed by atoms with Crippen molar-refractivity contribution in [1.82, 2.24) is 19.2 Å². The summed E-state index contributed by atoms with van der Waals surface area (Å²) in [4.78, 5) is 18.7. The van der Waals surface area contributed by atoms with Crippen LogP contribution in [0.15, 0.2) is 46.4 Å². The van der Waals surface area contributed by atoms with Crippen molar-refractivity contribution in [1.29, 1.82) is 0 Å². The van der Waals surface area contributed by atoms with Crippen molar-refractivity contribution in [3.63, 3.8) is 0 Å². The van der Waals surface area contributed by atoms with Gasteiger partial charge >= 0.3 is 0 Å². The molecule has 140 valence electrons. The molecule has 0 amide bonds. The summed E-state index contributed by atoms with van der Waals surface area (Å²) in [5, 5.41) is 5.30. The predicted molar refractivity (Wildman–Crippen MR) is 111 cm³/mol. The minimum atomic E-state index is -0.235. The standard InChI is InChI=1S/C21H24N4OS/c1-6-21(4)11-14-9-7-8-10-15(14)17-16(21)18(26)25-19(22-17)24(12-13(2)3)23-20(25)27-5/h7-10H,2,6,11-12H2,1,3-5H3. The molecule has 1 atom stereocenters. The van der Waals surface area contributed by atoms with E-state index in [-0.39, 0.29) is 11.0 Å². The second-order valence-corrected chi connectivity index (χ2v) is 8.40. The lowest BCUT2D eigenvalue weighted by Crippen LogP contribution is -2.37. The Morgan fingerprint density at radius 1 is 1.37 bits per heavy atom. The van der Waals surface area contributed by atoms with E-state index < -0.39 is 0 Å². The summed E-state index contributed by atoms with van der Waals surface area (Å²) in [5.41, 5.74) is 4.67. The summed E-state index contributed by atoms with van der Waals surface area (Å²) in [7, 11) is 0. The Morgan fingerprint density at radius 3 is 2.78 bits per heavy atom. The van der Waals surface area contributed by atoms with E-state index in [0.29, 0.717) is 17.5 Å². The maximum Gasteiger partial charge on any atom is 0.265 e. The molecule has 0 fully saturated rings. The Labute approximate surface area is 163 Å². The molecule has 1 aliphatic rings. The maximum absolute atomic E-state index is 13.7. The molecule has 27 heavy (non-hydrogen) atoms. The van der Waals surface area contributed by atoms with Gasteiger partial charge in [-0.15, -0.1) is 5.10 Å². The molecule has 3 aromatic rings. The van der Waals surface area contributed by atoms with Gasteiger partial charge in [-0.05, 0) is 31.6 Å². The highest BCUT2D eigenvalue weighted by molar-refractivity contribution is 7.98. The topological polar surface area (TPSA) is 52.2 Å². The quantitative estimate of drug-likeness (QED) is 0.505. The Kier molecular flexibility index (Phi) is 4.26. The Bertz CT molecular complexity index is 1130. The summed E-state index contributed by atoms with van der Waals surface area (Å²) in [6, 6.07) is 8.29. The maximum atomic E-state index is 13.7. The summed E-state index contributed by atoms with van der Waals surface area (Å²) < 4.78 is 3.46. The summed E-state index contributed by atoms with van der Waals surface area (Å²) in [6.45, 7) is 10.8. The number of fused-ring (bicyclic) bond motifs is 4. The number of benzene rings is 1. The molecule has 0 bridgehead atoms. The molecule has 6 heteroatoms. The van der Waals surface area contributed by atoms with Crippen LogP contribution in [0.1, 0.15) is 38.3 Å². The van der Waals surface area contributed by atoms with Crippen LogP contribution in [0.3, 0.4) is 0 Å². The zero-order valence-electron chi connectivity index (χ0n) is 16.2. The zero-order chi connectivity index (χ0) is 19.3. The first kappa shape index (κ1) is 18.0. The van der Waals surface area contributed by atoms with Crippen LogP contribution in [0.4, 0.5) is 0 Å². The molecule has 1 aromatic carbocycles. The molecular weight excluding hydrogens is 356 g/mol. The van der Waals surface area contributed by atoms with Crippen LogP contribution >= 0.6 is 11.8 Å². The summed E-state index contributed by atoms with van der Waals surface area (Å²) in [6.07, 6.45) is 3.67. The fourth-order valence-electron chi connectivity index (χ4n) is 4.00. The Hall–Kier alpha value is -2.34. The molecule has 5 nitrogen and oxygen atoms in total. The average molecular weight is 381 g/mol. The first-order valence-corrected chi connectivity index (χ1v) is 10.4. The zero-order valence-corrected chi connectivity index (χ0v) is 17.1. The molecule has 0 spiro atoms. The van der Waals surface area contributed by atoms with Crippen LogP contribution in [0, 0.1) is 0 Å². The molecule has 1 aliphatic carbocycles. The molecule has 0 saturated carbocycles. The fourth-order valence-corrected chi connectivity index (χ4v) is 4.52. The first-order chi connectivity index (χ1) is 12.9. The third-order valence-electron chi connectivity index (χ3n) is 5.53. The molecule has 0 saturated heterocycles. The largest absolute Gasteiger partial charge is 0.268 e. The number of thioether (sulfide) groups is 1. The van der Waals surface area contributed by atoms with Gasteiger partial charge in [0.1, 0.15) is 0 Å². The summed E-state index contributed by atoms with van der Waals surface area (Å²) >= 11 is 1.47. The van der Waals surface area contributed by atoms with Crippen molar-refractivity contribution in [2.75, 3.05) is 6.26 Å². The first-order valence-electron chi connectivity index (χ1n) is 9.20. The van der Waals surface area contributed by atoms with Crippen LogP contribution in [-0.2, 0) is 18.4 Å². The lowest BCUT2D eigenvalue weighted by atomic mass is 9.69. The molecular formula is C21H24N4OS. The molecule has 0 aliphatic heterocycles. The lowest BCUT2D eigenvalue weighted by Gasteiger charge is -2.35. The lowest BCUT2D eigenvalue weighted by molar-refractivity contribution is 0.439. The van der Waals surface area contributed by atoms with E-state index in [4.69, 9.17) is 4.98 Å². The molecule has 0 radical (unpaired) electrons. The molecule has 1 unspecified atom stereocenters. The number of allylic oxidation sites excluding steroid dienone is 1. The van der Waals surface area contributed by atoms with Gasteiger partial charge in [0.25, 0.3) is 5.56 Å². The molecule has 4 rings (SSSR count). The number of hydrogen-bond donors (Lipinski definition) is 0. The third-order valence-corrected chi connectivity index (χ3v) is 6.16. The van der Waals surface area contributed by atoms with E-state index >= 15 is 0 Å². The van der Waals surface area contributed by atoms with Crippen molar-refractivity contribution in [3.05, 3.63) is 57.9 Å². The van der Waals surface area contributed by atoms with Gasteiger partial charge in [0, 0.05) is 11.0 Å². The van der Waals surface area contributed by atoms with Crippen LogP contribution in [0.5, 0.6) is 0 Å². The highest BCUT2D eigenvalue weighted by Crippen LogP contribution is 2.42. The third kappa shape index (κ3) is 2.65. The van der Waals surface area contributed by atoms with E-state index in [1.165, 1.54) is 17.3 Å². The number of aromatic nitrogens is 4. The second-order valence-electron chi connectivity index (χ2n) is 7.63. The van der Waals surface area contributed by atoms with E-state index in [2.05, 4.69) is 43.7 Å². The van der Waals surface area contributed by atoms with Crippen LogP contribution in [0.2, 0.25) is 0 Å². The smallest absolute Gasteiger partial charge is 0.265 e. The van der Waals surface area contributed by atoms with E-state index in [1.807, 2.05) is 19.2 Å². The molecule has 2 aromatic heterocycles. The van der Waals surface area contributed by atoms with E-state index in [1.54, 1.807) is 9.08 Å². The monoisotopic (exact) mass is 380 g/mol. The van der Waals surface area contributed by atoms with Gasteiger partial charge in [0.15, 0.2) is 5.16 Å². The average Bonchev–Trinajstić information content (AvgIpc) is 2.99. The number of hydrogen-bond acceptors (Lipinski definition) is 4. The van der Waals surface area contributed by atoms with Crippen molar-refractivity contribution >= 4 is 17.5 Å². The highest BCUT2D eigenvalue weighted by Gasteiger charge is 2.38. The second kappa shape index (κ2) is 6.37. The Morgan fingerprint density at radius 2 is 2.11 bits per heavy atom. The number of rotatable bonds is 4. The predicted octanol–water partition coefficient (Wildman–Crippen LogP) is 4.08.